The minimum absolute atomic E-state index is 0.0474. The number of carbonyl (C=O) groups is 2. The molecule has 0 saturated heterocycles. The number of nitrogens with two attached hydrogens (primary N) is 1. The van der Waals surface area contributed by atoms with Crippen LogP contribution in [0.15, 0.2) is 28.8 Å². The van der Waals surface area contributed by atoms with Crippen molar-refractivity contribution >= 4 is 29.1 Å². The Morgan fingerprint density at radius 3 is 2.56 bits per heavy atom. The molecule has 2 N–H and O–H groups in total. The first-order valence-electron chi connectivity index (χ1n) is 8.08. The Morgan fingerprint density at radius 1 is 1.15 bits per heavy atom. The highest BCUT2D eigenvalue weighted by Gasteiger charge is 2.40. The lowest BCUT2D eigenvalue weighted by Crippen LogP contribution is -2.29. The van der Waals surface area contributed by atoms with Crippen molar-refractivity contribution in [3.63, 3.8) is 0 Å². The van der Waals surface area contributed by atoms with Crippen LogP contribution < -0.4 is 5.73 Å². The third-order valence-electron chi connectivity index (χ3n) is 4.29. The summed E-state index contributed by atoms with van der Waals surface area (Å²) in [6.07, 6.45) is 0. The number of aromatic nitrogens is 3. The van der Waals surface area contributed by atoms with Crippen molar-refractivity contribution in [2.24, 2.45) is 0 Å². The summed E-state index contributed by atoms with van der Waals surface area (Å²) in [5, 5.41) is 4.24. The van der Waals surface area contributed by atoms with Gasteiger partial charge in [-0.1, -0.05) is 28.9 Å². The van der Waals surface area contributed by atoms with Gasteiger partial charge in [0.15, 0.2) is 11.5 Å². The molecule has 0 atom stereocenters. The fourth-order valence-electron chi connectivity index (χ4n) is 3.08. The lowest BCUT2D eigenvalue weighted by Gasteiger charge is -2.14. The van der Waals surface area contributed by atoms with E-state index in [-0.39, 0.29) is 34.9 Å². The van der Waals surface area contributed by atoms with E-state index in [1.807, 2.05) is 0 Å². The molecule has 9 heteroatoms. The van der Waals surface area contributed by atoms with Gasteiger partial charge in [-0.25, -0.2) is 4.98 Å². The van der Waals surface area contributed by atoms with E-state index < -0.39 is 11.8 Å². The van der Waals surface area contributed by atoms with Crippen LogP contribution in [0.1, 0.15) is 37.8 Å². The van der Waals surface area contributed by atoms with Gasteiger partial charge in [-0.2, -0.15) is 4.98 Å². The minimum atomic E-state index is -0.490. The van der Waals surface area contributed by atoms with E-state index in [1.54, 1.807) is 38.1 Å². The van der Waals surface area contributed by atoms with E-state index in [0.717, 1.165) is 10.5 Å². The molecular formula is C18H14ClN5O3. The van der Waals surface area contributed by atoms with Gasteiger partial charge < -0.3 is 10.3 Å². The molecule has 0 spiro atoms. The summed E-state index contributed by atoms with van der Waals surface area (Å²) in [5.74, 6) is -0.422. The Hall–Kier alpha value is -3.26. The topological polar surface area (TPSA) is 115 Å². The second-order valence-electron chi connectivity index (χ2n) is 6.18. The summed E-state index contributed by atoms with van der Waals surface area (Å²) < 4.78 is 5.12. The molecule has 8 nitrogen and oxygen atoms in total. The van der Waals surface area contributed by atoms with Crippen molar-refractivity contribution in [3.05, 3.63) is 57.5 Å². The maximum atomic E-state index is 13.0. The van der Waals surface area contributed by atoms with Crippen LogP contribution in [0, 0.1) is 13.8 Å². The highest BCUT2D eigenvalue weighted by atomic mass is 35.5. The first kappa shape index (κ1) is 17.2. The summed E-state index contributed by atoms with van der Waals surface area (Å²) in [6, 6.07) is 6.97. The van der Waals surface area contributed by atoms with E-state index >= 15 is 0 Å². The Labute approximate surface area is 158 Å². The predicted molar refractivity (Wildman–Crippen MR) is 97.1 cm³/mol. The molecule has 0 saturated carbocycles. The zero-order chi connectivity index (χ0) is 19.3. The molecule has 1 aromatic carbocycles. The number of halogens is 1. The SMILES string of the molecule is Cc1noc(-c2nc(C)c3c(c2N)C(=O)N(Cc2cccc(Cl)c2)C3=O)n1. The molecule has 3 aromatic rings. The van der Waals surface area contributed by atoms with Gasteiger partial charge in [0, 0.05) is 5.02 Å². The second kappa shape index (κ2) is 6.17. The van der Waals surface area contributed by atoms with Gasteiger partial charge in [-0.15, -0.1) is 0 Å². The quantitative estimate of drug-likeness (QED) is 0.691. The monoisotopic (exact) mass is 383 g/mol. The van der Waals surface area contributed by atoms with Gasteiger partial charge in [0.05, 0.1) is 29.1 Å². The third kappa shape index (κ3) is 2.74. The molecule has 1 aliphatic rings. The molecule has 1 aliphatic heterocycles. The number of rotatable bonds is 3. The lowest BCUT2D eigenvalue weighted by atomic mass is 10.0. The predicted octanol–water partition coefficient (Wildman–Crippen LogP) is 2.78. The first-order chi connectivity index (χ1) is 12.9. The molecule has 4 rings (SSSR count). The summed E-state index contributed by atoms with van der Waals surface area (Å²) >= 11 is 5.99. The van der Waals surface area contributed by atoms with Crippen molar-refractivity contribution < 1.29 is 14.1 Å². The lowest BCUT2D eigenvalue weighted by molar-refractivity contribution is 0.0642. The zero-order valence-corrected chi connectivity index (χ0v) is 15.2. The van der Waals surface area contributed by atoms with Crippen LogP contribution in [0.4, 0.5) is 5.69 Å². The Bertz CT molecular complexity index is 1110. The second-order valence-corrected chi connectivity index (χ2v) is 6.62. The van der Waals surface area contributed by atoms with E-state index in [2.05, 4.69) is 15.1 Å². The number of anilines is 1. The number of carbonyl (C=O) groups excluding carboxylic acids is 2. The molecule has 2 aromatic heterocycles. The Kier molecular flexibility index (Phi) is 3.92. The summed E-state index contributed by atoms with van der Waals surface area (Å²) in [4.78, 5) is 35.4. The van der Waals surface area contributed by atoms with Crippen molar-refractivity contribution in [1.82, 2.24) is 20.0 Å². The van der Waals surface area contributed by atoms with Crippen molar-refractivity contribution in [2.75, 3.05) is 5.73 Å². The first-order valence-corrected chi connectivity index (χ1v) is 8.46. The molecule has 3 heterocycles. The van der Waals surface area contributed by atoms with Crippen LogP contribution in [-0.2, 0) is 6.54 Å². The summed E-state index contributed by atoms with van der Waals surface area (Å²) in [5.41, 5.74) is 7.81. The number of pyridine rings is 1. The van der Waals surface area contributed by atoms with E-state index in [4.69, 9.17) is 21.9 Å². The number of aryl methyl sites for hydroxylation is 2. The van der Waals surface area contributed by atoms with Crippen LogP contribution in [0.3, 0.4) is 0 Å². The molecule has 0 fully saturated rings. The standard InChI is InChI=1S/C18H14ClN5O3/c1-8-12-13(14(20)15(21-8)16-22-9(2)23-27-16)18(26)24(17(12)25)7-10-4-3-5-11(19)6-10/h3-6H,7,20H2,1-2H3. The average molecular weight is 384 g/mol. The van der Waals surface area contributed by atoms with E-state index in [0.29, 0.717) is 16.5 Å². The number of imide groups is 1. The van der Waals surface area contributed by atoms with Gasteiger partial charge in [0.2, 0.25) is 0 Å². The average Bonchev–Trinajstić information content (AvgIpc) is 3.15. The third-order valence-corrected chi connectivity index (χ3v) is 4.53. The number of hydrogen-bond donors (Lipinski definition) is 1. The maximum absolute atomic E-state index is 13.0. The van der Waals surface area contributed by atoms with Gasteiger partial charge in [-0.05, 0) is 31.5 Å². The normalized spacial score (nSPS) is 13.4. The van der Waals surface area contributed by atoms with Gasteiger partial charge in [0.1, 0.15) is 0 Å². The number of amides is 2. The van der Waals surface area contributed by atoms with E-state index in [1.165, 1.54) is 0 Å². The number of benzene rings is 1. The summed E-state index contributed by atoms with van der Waals surface area (Å²) in [6.45, 7) is 3.38. The van der Waals surface area contributed by atoms with Crippen molar-refractivity contribution in [2.45, 2.75) is 20.4 Å². The van der Waals surface area contributed by atoms with Crippen LogP contribution >= 0.6 is 11.6 Å². The molecule has 0 bridgehead atoms. The molecule has 0 aliphatic carbocycles. The van der Waals surface area contributed by atoms with Crippen LogP contribution in [0.5, 0.6) is 0 Å². The number of nitrogens with zero attached hydrogens (tertiary/aromatic N) is 4. The maximum Gasteiger partial charge on any atom is 0.278 e. The van der Waals surface area contributed by atoms with Crippen LogP contribution in [0.2, 0.25) is 5.02 Å². The zero-order valence-electron chi connectivity index (χ0n) is 14.5. The van der Waals surface area contributed by atoms with Crippen molar-refractivity contribution in [1.29, 1.82) is 0 Å². The molecule has 27 heavy (non-hydrogen) atoms. The van der Waals surface area contributed by atoms with Gasteiger partial charge in [-0.3, -0.25) is 14.5 Å². The van der Waals surface area contributed by atoms with Crippen LogP contribution in [-0.4, -0.2) is 31.8 Å². The summed E-state index contributed by atoms with van der Waals surface area (Å²) in [7, 11) is 0. The number of fused-ring (bicyclic) bond motifs is 1. The smallest absolute Gasteiger partial charge is 0.278 e. The fourth-order valence-corrected chi connectivity index (χ4v) is 3.29. The van der Waals surface area contributed by atoms with Crippen molar-refractivity contribution in [3.8, 4) is 11.6 Å². The van der Waals surface area contributed by atoms with E-state index in [9.17, 15) is 9.59 Å². The highest BCUT2D eigenvalue weighted by Crippen LogP contribution is 2.35. The molecule has 2 amide bonds. The molecule has 136 valence electrons. The molecule has 0 radical (unpaired) electrons. The van der Waals surface area contributed by atoms with Gasteiger partial charge >= 0.3 is 0 Å². The Morgan fingerprint density at radius 2 is 1.89 bits per heavy atom. The fraction of sp³-hybridized carbons (Fsp3) is 0.167. The molecular weight excluding hydrogens is 370 g/mol. The molecule has 0 unspecified atom stereocenters. The minimum Gasteiger partial charge on any atom is -0.396 e. The largest absolute Gasteiger partial charge is 0.396 e. The highest BCUT2D eigenvalue weighted by molar-refractivity contribution is 6.30. The van der Waals surface area contributed by atoms with Gasteiger partial charge in [0.25, 0.3) is 17.7 Å². The number of nitrogen functional groups attached to an aromatic ring is 1. The Balaban J connectivity index is 1.79. The van der Waals surface area contributed by atoms with Crippen LogP contribution in [0.25, 0.3) is 11.6 Å². The number of hydrogen-bond acceptors (Lipinski definition) is 7.